The van der Waals surface area contributed by atoms with Gasteiger partial charge in [-0.1, -0.05) is 43.0 Å². The van der Waals surface area contributed by atoms with Crippen molar-refractivity contribution < 1.29 is 9.13 Å². The SMILES string of the molecule is C=C(C)c1cccc2c1N=C(c1ccccc1)O[C@@](C)(F)C2. The van der Waals surface area contributed by atoms with Gasteiger partial charge in [-0.2, -0.15) is 4.39 Å². The first-order valence-electron chi connectivity index (χ1n) is 7.26. The maximum absolute atomic E-state index is 14.8. The normalized spacial score (nSPS) is 20.4. The zero-order chi connectivity index (χ0) is 15.7. The first-order chi connectivity index (χ1) is 10.5. The molecule has 0 aliphatic carbocycles. The topological polar surface area (TPSA) is 21.6 Å². The van der Waals surface area contributed by atoms with E-state index in [0.29, 0.717) is 5.90 Å². The lowest BCUT2D eigenvalue weighted by molar-refractivity contribution is -0.0528. The third-order valence-corrected chi connectivity index (χ3v) is 3.63. The molecule has 0 unspecified atom stereocenters. The van der Waals surface area contributed by atoms with Gasteiger partial charge in [0.1, 0.15) is 0 Å². The van der Waals surface area contributed by atoms with Crippen molar-refractivity contribution in [2.75, 3.05) is 0 Å². The molecule has 0 radical (unpaired) electrons. The minimum Gasteiger partial charge on any atom is -0.440 e. The number of halogens is 1. The predicted octanol–water partition coefficient (Wildman–Crippen LogP) is 5.06. The zero-order valence-corrected chi connectivity index (χ0v) is 12.8. The Hall–Kier alpha value is -2.42. The molecule has 22 heavy (non-hydrogen) atoms. The summed E-state index contributed by atoms with van der Waals surface area (Å²) >= 11 is 0. The number of ether oxygens (including phenoxy) is 1. The number of para-hydroxylation sites is 1. The molecular weight excluding hydrogens is 277 g/mol. The van der Waals surface area contributed by atoms with Crippen molar-refractivity contribution in [3.05, 3.63) is 71.8 Å². The Labute approximate surface area is 130 Å². The monoisotopic (exact) mass is 295 g/mol. The molecule has 0 amide bonds. The third kappa shape index (κ3) is 2.80. The fourth-order valence-electron chi connectivity index (χ4n) is 2.62. The summed E-state index contributed by atoms with van der Waals surface area (Å²) in [6.45, 7) is 7.36. The summed E-state index contributed by atoms with van der Waals surface area (Å²) in [5, 5.41) is 0. The smallest absolute Gasteiger partial charge is 0.251 e. The van der Waals surface area contributed by atoms with Crippen molar-refractivity contribution in [1.82, 2.24) is 0 Å². The molecular formula is C19H18FNO. The molecule has 0 saturated heterocycles. The van der Waals surface area contributed by atoms with Gasteiger partial charge >= 0.3 is 0 Å². The van der Waals surface area contributed by atoms with Gasteiger partial charge in [-0.15, -0.1) is 0 Å². The van der Waals surface area contributed by atoms with E-state index >= 15 is 0 Å². The summed E-state index contributed by atoms with van der Waals surface area (Å²) in [6, 6.07) is 15.1. The van der Waals surface area contributed by atoms with Crippen molar-refractivity contribution in [3.63, 3.8) is 0 Å². The van der Waals surface area contributed by atoms with E-state index in [1.807, 2.05) is 55.5 Å². The van der Waals surface area contributed by atoms with Crippen LogP contribution >= 0.6 is 0 Å². The van der Waals surface area contributed by atoms with Crippen LogP contribution in [0.15, 0.2) is 60.1 Å². The van der Waals surface area contributed by atoms with E-state index in [-0.39, 0.29) is 6.42 Å². The largest absolute Gasteiger partial charge is 0.440 e. The quantitative estimate of drug-likeness (QED) is 0.759. The van der Waals surface area contributed by atoms with Gasteiger partial charge in [0, 0.05) is 24.5 Å². The molecule has 0 saturated carbocycles. The number of allylic oxidation sites excluding steroid dienone is 1. The summed E-state index contributed by atoms with van der Waals surface area (Å²) in [6.07, 6.45) is 0.156. The van der Waals surface area contributed by atoms with Gasteiger partial charge in [0.25, 0.3) is 5.85 Å². The second-order valence-corrected chi connectivity index (χ2v) is 5.76. The zero-order valence-electron chi connectivity index (χ0n) is 12.8. The number of nitrogens with zero attached hydrogens (tertiary/aromatic N) is 1. The average molecular weight is 295 g/mol. The number of alkyl halides is 1. The lowest BCUT2D eigenvalue weighted by Crippen LogP contribution is -2.28. The van der Waals surface area contributed by atoms with Gasteiger partial charge in [0.2, 0.25) is 5.90 Å². The number of hydrogen-bond donors (Lipinski definition) is 0. The third-order valence-electron chi connectivity index (χ3n) is 3.63. The van der Waals surface area contributed by atoms with Crippen molar-refractivity contribution >= 4 is 17.2 Å². The molecule has 0 N–H and O–H groups in total. The van der Waals surface area contributed by atoms with E-state index in [1.54, 1.807) is 0 Å². The molecule has 3 rings (SSSR count). The van der Waals surface area contributed by atoms with Crippen LogP contribution in [-0.4, -0.2) is 11.8 Å². The summed E-state index contributed by atoms with van der Waals surface area (Å²) < 4.78 is 20.3. The maximum Gasteiger partial charge on any atom is 0.251 e. The molecule has 3 heteroatoms. The van der Waals surface area contributed by atoms with Crippen molar-refractivity contribution in [1.29, 1.82) is 0 Å². The molecule has 0 bridgehead atoms. The van der Waals surface area contributed by atoms with Crippen LogP contribution in [0.3, 0.4) is 0 Å². The molecule has 1 atom stereocenters. The summed E-state index contributed by atoms with van der Waals surface area (Å²) in [5.41, 5.74) is 4.16. The number of hydrogen-bond acceptors (Lipinski definition) is 2. The molecule has 0 spiro atoms. The minimum atomic E-state index is -1.80. The molecule has 112 valence electrons. The van der Waals surface area contributed by atoms with E-state index in [2.05, 4.69) is 11.6 Å². The van der Waals surface area contributed by atoms with Crippen molar-refractivity contribution in [3.8, 4) is 0 Å². The Morgan fingerprint density at radius 3 is 2.59 bits per heavy atom. The highest BCUT2D eigenvalue weighted by Gasteiger charge is 2.32. The first kappa shape index (κ1) is 14.5. The Balaban J connectivity index is 2.22. The number of fused-ring (bicyclic) bond motifs is 1. The van der Waals surface area contributed by atoms with E-state index in [9.17, 15) is 4.39 Å². The van der Waals surface area contributed by atoms with Crippen LogP contribution in [0.5, 0.6) is 0 Å². The fourth-order valence-corrected chi connectivity index (χ4v) is 2.62. The van der Waals surface area contributed by atoms with Crippen LogP contribution < -0.4 is 0 Å². The molecule has 1 aliphatic rings. The highest BCUT2D eigenvalue weighted by Crippen LogP contribution is 2.36. The van der Waals surface area contributed by atoms with Gasteiger partial charge in [-0.05, 0) is 30.2 Å². The van der Waals surface area contributed by atoms with Gasteiger partial charge in [-0.25, -0.2) is 4.99 Å². The number of rotatable bonds is 2. The van der Waals surface area contributed by atoms with E-state index in [1.165, 1.54) is 6.92 Å². The van der Waals surface area contributed by atoms with Crippen LogP contribution in [0.4, 0.5) is 10.1 Å². The Morgan fingerprint density at radius 1 is 1.18 bits per heavy atom. The van der Waals surface area contributed by atoms with Crippen molar-refractivity contribution in [2.24, 2.45) is 4.99 Å². The van der Waals surface area contributed by atoms with Crippen LogP contribution in [0.25, 0.3) is 5.57 Å². The van der Waals surface area contributed by atoms with Gasteiger partial charge in [0.05, 0.1) is 5.69 Å². The molecule has 0 aromatic heterocycles. The highest BCUT2D eigenvalue weighted by atomic mass is 19.2. The van der Waals surface area contributed by atoms with Gasteiger partial charge in [0.15, 0.2) is 0 Å². The molecule has 2 nitrogen and oxygen atoms in total. The number of benzene rings is 2. The fraction of sp³-hybridized carbons (Fsp3) is 0.211. The molecule has 1 heterocycles. The predicted molar refractivity (Wildman–Crippen MR) is 88.1 cm³/mol. The molecule has 2 aromatic carbocycles. The van der Waals surface area contributed by atoms with Gasteiger partial charge in [-0.3, -0.25) is 0 Å². The maximum atomic E-state index is 14.8. The second kappa shape index (κ2) is 5.41. The lowest BCUT2D eigenvalue weighted by Gasteiger charge is -2.20. The average Bonchev–Trinajstić information content (AvgIpc) is 2.62. The summed E-state index contributed by atoms with van der Waals surface area (Å²) in [5.74, 6) is -1.49. The Morgan fingerprint density at radius 2 is 1.91 bits per heavy atom. The summed E-state index contributed by atoms with van der Waals surface area (Å²) in [4.78, 5) is 4.62. The van der Waals surface area contributed by atoms with Gasteiger partial charge < -0.3 is 4.74 Å². The second-order valence-electron chi connectivity index (χ2n) is 5.76. The molecule has 0 fully saturated rings. The molecule has 2 aromatic rings. The number of aliphatic imine (C=N–C) groups is 1. The van der Waals surface area contributed by atoms with Crippen LogP contribution in [0, 0.1) is 0 Å². The van der Waals surface area contributed by atoms with E-state index in [4.69, 9.17) is 4.74 Å². The minimum absolute atomic E-state index is 0.156. The Bertz CT molecular complexity index is 747. The van der Waals surface area contributed by atoms with Crippen LogP contribution in [0.2, 0.25) is 0 Å². The van der Waals surface area contributed by atoms with Crippen LogP contribution in [-0.2, 0) is 11.2 Å². The highest BCUT2D eigenvalue weighted by molar-refractivity contribution is 5.97. The van der Waals surface area contributed by atoms with Crippen LogP contribution in [0.1, 0.15) is 30.5 Å². The Kier molecular flexibility index (Phi) is 3.57. The first-order valence-corrected chi connectivity index (χ1v) is 7.26. The molecule has 1 aliphatic heterocycles. The standard InChI is InChI=1S/C19H18FNO/c1-13(2)16-11-7-10-15-12-19(3,20)22-18(21-17(15)16)14-8-5-4-6-9-14/h4-11H,1,12H2,2-3H3/t19-/m1/s1. The summed E-state index contributed by atoms with van der Waals surface area (Å²) in [7, 11) is 0. The van der Waals surface area contributed by atoms with E-state index in [0.717, 1.165) is 28.0 Å². The van der Waals surface area contributed by atoms with Crippen molar-refractivity contribution in [2.45, 2.75) is 26.1 Å². The van der Waals surface area contributed by atoms with E-state index < -0.39 is 5.85 Å². The lowest BCUT2D eigenvalue weighted by atomic mass is 9.98.